The molecule has 0 heterocycles. The highest BCUT2D eigenvalue weighted by Crippen LogP contribution is 2.23. The second kappa shape index (κ2) is 8.89. The molecule has 0 radical (unpaired) electrons. The molecule has 1 nitrogen and oxygen atoms in total. The number of aldehydes is 1. The summed E-state index contributed by atoms with van der Waals surface area (Å²) < 4.78 is 0. The van der Waals surface area contributed by atoms with Gasteiger partial charge in [-0.1, -0.05) is 60.1 Å². The summed E-state index contributed by atoms with van der Waals surface area (Å²) in [5, 5.41) is 0.711. The first-order valence-electron chi connectivity index (χ1n) is 9.30. The molecule has 0 aromatic heterocycles. The molecule has 0 aliphatic heterocycles. The largest absolute Gasteiger partial charge is 0.298 e. The van der Waals surface area contributed by atoms with Crippen LogP contribution in [-0.4, -0.2) is 6.29 Å². The van der Waals surface area contributed by atoms with Gasteiger partial charge in [-0.3, -0.25) is 4.79 Å². The number of aryl methyl sites for hydroxylation is 3. The van der Waals surface area contributed by atoms with Crippen LogP contribution >= 0.6 is 11.6 Å². The number of hydrogen-bond donors (Lipinski definition) is 0. The van der Waals surface area contributed by atoms with E-state index >= 15 is 0 Å². The molecule has 0 unspecified atom stereocenters. The molecule has 2 heteroatoms. The third-order valence-electron chi connectivity index (χ3n) is 4.96. The first kappa shape index (κ1) is 19.9. The molecule has 0 saturated heterocycles. The highest BCUT2D eigenvalue weighted by atomic mass is 35.5. The number of halogens is 1. The summed E-state index contributed by atoms with van der Waals surface area (Å²) in [4.78, 5) is 11.0. The molecule has 0 bridgehead atoms. The lowest BCUT2D eigenvalue weighted by Crippen LogP contribution is -1.92. The molecular formula is C26H23ClO. The predicted molar refractivity (Wildman–Crippen MR) is 119 cm³/mol. The Morgan fingerprint density at radius 1 is 0.929 bits per heavy atom. The molecule has 0 saturated carbocycles. The van der Waals surface area contributed by atoms with Crippen molar-refractivity contribution in [1.29, 1.82) is 0 Å². The third kappa shape index (κ3) is 4.89. The van der Waals surface area contributed by atoms with Crippen LogP contribution in [0.4, 0.5) is 0 Å². The van der Waals surface area contributed by atoms with E-state index in [0.717, 1.165) is 35.0 Å². The molecule has 0 atom stereocenters. The number of rotatable bonds is 5. The van der Waals surface area contributed by atoms with E-state index in [1.165, 1.54) is 16.7 Å². The van der Waals surface area contributed by atoms with Crippen LogP contribution in [0, 0.1) is 20.8 Å². The van der Waals surface area contributed by atoms with E-state index in [9.17, 15) is 4.79 Å². The van der Waals surface area contributed by atoms with Gasteiger partial charge in [0.15, 0.2) is 0 Å². The average Bonchev–Trinajstić information content (AvgIpc) is 2.68. The predicted octanol–water partition coefficient (Wildman–Crippen LogP) is 7.02. The van der Waals surface area contributed by atoms with Crippen LogP contribution in [0.15, 0.2) is 66.4 Å². The zero-order chi connectivity index (χ0) is 20.1. The Morgan fingerprint density at radius 3 is 2.43 bits per heavy atom. The van der Waals surface area contributed by atoms with Crippen LogP contribution in [0.2, 0.25) is 5.02 Å². The third-order valence-corrected chi connectivity index (χ3v) is 5.19. The van der Waals surface area contributed by atoms with Crippen molar-refractivity contribution in [3.05, 3.63) is 110 Å². The topological polar surface area (TPSA) is 17.1 Å². The zero-order valence-corrected chi connectivity index (χ0v) is 17.2. The van der Waals surface area contributed by atoms with Crippen LogP contribution in [0.3, 0.4) is 0 Å². The van der Waals surface area contributed by atoms with Gasteiger partial charge in [-0.25, -0.2) is 0 Å². The maximum Gasteiger partial charge on any atom is 0.150 e. The Balaban J connectivity index is 2.04. The molecule has 3 aromatic rings. The van der Waals surface area contributed by atoms with E-state index < -0.39 is 0 Å². The van der Waals surface area contributed by atoms with Gasteiger partial charge in [0.05, 0.1) is 0 Å². The van der Waals surface area contributed by atoms with Gasteiger partial charge in [-0.05, 0) is 72.4 Å². The van der Waals surface area contributed by atoms with E-state index in [1.807, 2.05) is 49.4 Å². The van der Waals surface area contributed by atoms with Crippen molar-refractivity contribution in [1.82, 2.24) is 0 Å². The maximum absolute atomic E-state index is 11.0. The van der Waals surface area contributed by atoms with Gasteiger partial charge in [0, 0.05) is 22.6 Å². The van der Waals surface area contributed by atoms with Gasteiger partial charge in [0.25, 0.3) is 0 Å². The van der Waals surface area contributed by atoms with Crippen molar-refractivity contribution in [2.24, 2.45) is 0 Å². The molecule has 0 N–H and O–H groups in total. The lowest BCUT2D eigenvalue weighted by Gasteiger charge is -2.09. The van der Waals surface area contributed by atoms with E-state index in [4.69, 9.17) is 11.6 Å². The van der Waals surface area contributed by atoms with Gasteiger partial charge >= 0.3 is 0 Å². The lowest BCUT2D eigenvalue weighted by molar-refractivity contribution is 0.112. The second-order valence-corrected chi connectivity index (χ2v) is 7.54. The van der Waals surface area contributed by atoms with Gasteiger partial charge in [-0.2, -0.15) is 0 Å². The Kier molecular flexibility index (Phi) is 6.31. The van der Waals surface area contributed by atoms with Crippen molar-refractivity contribution in [2.45, 2.75) is 27.2 Å². The summed E-state index contributed by atoms with van der Waals surface area (Å²) in [6.07, 6.45) is 3.62. The van der Waals surface area contributed by atoms with Crippen molar-refractivity contribution in [3.63, 3.8) is 0 Å². The second-order valence-electron chi connectivity index (χ2n) is 7.11. The molecule has 3 aromatic carbocycles. The smallest absolute Gasteiger partial charge is 0.150 e. The first-order chi connectivity index (χ1) is 13.5. The Morgan fingerprint density at radius 2 is 1.75 bits per heavy atom. The molecule has 0 aliphatic rings. The summed E-state index contributed by atoms with van der Waals surface area (Å²) in [5.74, 6) is 0. The van der Waals surface area contributed by atoms with Crippen LogP contribution in [0.1, 0.15) is 43.7 Å². The Bertz CT molecular complexity index is 1090. The van der Waals surface area contributed by atoms with E-state index in [0.29, 0.717) is 10.6 Å². The molecule has 140 valence electrons. The molecule has 0 aliphatic carbocycles. The molecule has 3 rings (SSSR count). The monoisotopic (exact) mass is 386 g/mol. The number of hydrogen-bond acceptors (Lipinski definition) is 1. The maximum atomic E-state index is 11.0. The highest BCUT2D eigenvalue weighted by molar-refractivity contribution is 6.30. The van der Waals surface area contributed by atoms with Crippen LogP contribution in [0.5, 0.6) is 0 Å². The minimum absolute atomic E-state index is 0.711. The fraction of sp³-hybridized carbons (Fsp3) is 0.154. The molecule has 28 heavy (non-hydrogen) atoms. The van der Waals surface area contributed by atoms with Gasteiger partial charge in [0.1, 0.15) is 6.29 Å². The van der Waals surface area contributed by atoms with Crippen molar-refractivity contribution in [2.75, 3.05) is 0 Å². The van der Waals surface area contributed by atoms with Gasteiger partial charge in [0.2, 0.25) is 0 Å². The minimum Gasteiger partial charge on any atom is -0.298 e. The number of carbonyl (C=O) groups is 1. The Hall–Kier alpha value is -2.86. The SMILES string of the molecule is Cc1ccc(CC(=C=Cc2ccc(C=O)c(C)c2)c2cccc(Cl)c2)cc1C. The van der Waals surface area contributed by atoms with Crippen LogP contribution in [-0.2, 0) is 6.42 Å². The molecular weight excluding hydrogens is 364 g/mol. The average molecular weight is 387 g/mol. The summed E-state index contributed by atoms with van der Waals surface area (Å²) >= 11 is 6.22. The molecule has 0 fully saturated rings. The van der Waals surface area contributed by atoms with E-state index in [1.54, 1.807) is 0 Å². The van der Waals surface area contributed by atoms with Crippen LogP contribution < -0.4 is 0 Å². The molecule has 0 amide bonds. The molecule has 0 spiro atoms. The van der Waals surface area contributed by atoms with E-state index in [2.05, 4.69) is 43.8 Å². The quantitative estimate of drug-likeness (QED) is 0.340. The summed E-state index contributed by atoms with van der Waals surface area (Å²) in [6.45, 7) is 6.20. The standard InChI is InChI=1S/C26H23ClO/c1-18-7-8-22(13-19(18)2)15-24(23-5-4-6-26(27)16-23)11-9-21-10-12-25(17-28)20(3)14-21/h4-10,12-14,16-17H,15H2,1-3H3. The summed E-state index contributed by atoms with van der Waals surface area (Å²) in [7, 11) is 0. The Labute approximate surface area is 172 Å². The number of benzene rings is 3. The normalized spacial score (nSPS) is 10.3. The fourth-order valence-electron chi connectivity index (χ4n) is 3.12. The zero-order valence-electron chi connectivity index (χ0n) is 16.4. The van der Waals surface area contributed by atoms with Gasteiger partial charge < -0.3 is 0 Å². The summed E-state index contributed by atoms with van der Waals surface area (Å²) in [5.41, 5.74) is 12.1. The van der Waals surface area contributed by atoms with Crippen LogP contribution in [0.25, 0.3) is 11.6 Å². The van der Waals surface area contributed by atoms with Gasteiger partial charge in [-0.15, -0.1) is 5.73 Å². The number of allylic oxidation sites excluding steroid dienone is 1. The highest BCUT2D eigenvalue weighted by Gasteiger charge is 2.05. The summed E-state index contributed by atoms with van der Waals surface area (Å²) in [6, 6.07) is 20.2. The number of carbonyl (C=O) groups excluding carboxylic acids is 1. The van der Waals surface area contributed by atoms with Crippen molar-refractivity contribution in [3.8, 4) is 0 Å². The van der Waals surface area contributed by atoms with Crippen molar-refractivity contribution < 1.29 is 4.79 Å². The minimum atomic E-state index is 0.711. The fourth-order valence-corrected chi connectivity index (χ4v) is 3.31. The first-order valence-corrected chi connectivity index (χ1v) is 9.67. The van der Waals surface area contributed by atoms with E-state index in [-0.39, 0.29) is 0 Å². The van der Waals surface area contributed by atoms with Crippen molar-refractivity contribution >= 4 is 29.5 Å². The lowest BCUT2D eigenvalue weighted by atomic mass is 9.96.